The number of hydrogen-bond acceptors (Lipinski definition) is 2. The molecule has 0 radical (unpaired) electrons. The highest BCUT2D eigenvalue weighted by atomic mass is 15.4. The molecule has 2 atom stereocenters. The van der Waals surface area contributed by atoms with Crippen LogP contribution in [-0.4, -0.2) is 41.1 Å². The molecule has 90 valence electrons. The summed E-state index contributed by atoms with van der Waals surface area (Å²) in [4.78, 5) is 5.29. The predicted octanol–water partition coefficient (Wildman–Crippen LogP) is 2.79. The van der Waals surface area contributed by atoms with Gasteiger partial charge in [0.05, 0.1) is 6.17 Å². The summed E-state index contributed by atoms with van der Waals surface area (Å²) in [7, 11) is 0. The van der Waals surface area contributed by atoms with Crippen molar-refractivity contribution in [1.29, 1.82) is 0 Å². The van der Waals surface area contributed by atoms with Gasteiger partial charge in [-0.25, -0.2) is 0 Å². The minimum absolute atomic E-state index is 0.338. The highest BCUT2D eigenvalue weighted by molar-refractivity contribution is 4.94. The first kappa shape index (κ1) is 13.0. The minimum atomic E-state index is 0.338. The molecule has 0 N–H and O–H groups in total. The van der Waals surface area contributed by atoms with Gasteiger partial charge in [-0.3, -0.25) is 9.80 Å². The Kier molecular flexibility index (Phi) is 3.83. The third kappa shape index (κ3) is 2.54. The third-order valence-electron chi connectivity index (χ3n) is 3.47. The predicted molar refractivity (Wildman–Crippen MR) is 66.9 cm³/mol. The fourth-order valence-electron chi connectivity index (χ4n) is 2.91. The molecule has 0 aromatic rings. The maximum Gasteiger partial charge on any atom is 0.0677 e. The molecule has 1 heterocycles. The first-order valence-corrected chi connectivity index (χ1v) is 6.30. The van der Waals surface area contributed by atoms with Gasteiger partial charge in [0.1, 0.15) is 0 Å². The lowest BCUT2D eigenvalue weighted by Gasteiger charge is -2.41. The van der Waals surface area contributed by atoms with E-state index in [1.165, 1.54) is 6.54 Å². The van der Waals surface area contributed by atoms with Gasteiger partial charge in [0.2, 0.25) is 0 Å². The van der Waals surface area contributed by atoms with Crippen LogP contribution in [-0.2, 0) is 0 Å². The van der Waals surface area contributed by atoms with Crippen LogP contribution in [0.4, 0.5) is 0 Å². The van der Waals surface area contributed by atoms with Gasteiger partial charge < -0.3 is 0 Å². The molecule has 1 rings (SSSR count). The van der Waals surface area contributed by atoms with E-state index in [1.807, 2.05) is 0 Å². The molecular formula is C13H28N2. The highest BCUT2D eigenvalue weighted by Gasteiger charge is 2.43. The van der Waals surface area contributed by atoms with E-state index < -0.39 is 0 Å². The summed E-state index contributed by atoms with van der Waals surface area (Å²) in [6, 6.07) is 1.34. The van der Waals surface area contributed by atoms with Gasteiger partial charge >= 0.3 is 0 Å². The number of likely N-dealkylation sites (N-methyl/N-ethyl adjacent to an activating group) is 1. The number of nitrogens with zero attached hydrogens (tertiary/aromatic N) is 2. The Labute approximate surface area is 95.6 Å². The first-order chi connectivity index (χ1) is 6.79. The summed E-state index contributed by atoms with van der Waals surface area (Å²) in [6.45, 7) is 18.7. The van der Waals surface area contributed by atoms with Gasteiger partial charge in [-0.1, -0.05) is 27.7 Å². The molecule has 1 saturated heterocycles. The summed E-state index contributed by atoms with van der Waals surface area (Å²) in [6.07, 6.45) is 0.595. The molecule has 1 unspecified atom stereocenters. The summed E-state index contributed by atoms with van der Waals surface area (Å²) in [5.74, 6) is 0. The van der Waals surface area contributed by atoms with Gasteiger partial charge in [-0.05, 0) is 32.7 Å². The normalized spacial score (nSPS) is 30.4. The number of rotatable bonds is 2. The zero-order valence-electron chi connectivity index (χ0n) is 11.5. The van der Waals surface area contributed by atoms with E-state index in [9.17, 15) is 0 Å². The lowest BCUT2D eigenvalue weighted by molar-refractivity contribution is 0.0182. The van der Waals surface area contributed by atoms with Crippen molar-refractivity contribution in [2.45, 2.75) is 66.7 Å². The van der Waals surface area contributed by atoms with Crippen molar-refractivity contribution in [3.8, 4) is 0 Å². The lowest BCUT2D eigenvalue weighted by Crippen LogP contribution is -2.50. The third-order valence-corrected chi connectivity index (χ3v) is 3.47. The summed E-state index contributed by atoms with van der Waals surface area (Å²) < 4.78 is 0. The van der Waals surface area contributed by atoms with E-state index in [1.54, 1.807) is 0 Å². The lowest BCUT2D eigenvalue weighted by atomic mass is 9.90. The van der Waals surface area contributed by atoms with Crippen molar-refractivity contribution in [2.24, 2.45) is 5.41 Å². The van der Waals surface area contributed by atoms with Gasteiger partial charge in [0.25, 0.3) is 0 Å². The maximum atomic E-state index is 2.65. The minimum Gasteiger partial charge on any atom is -0.284 e. The zero-order valence-corrected chi connectivity index (χ0v) is 11.5. The average molecular weight is 212 g/mol. The SMILES string of the molecule is CCN1C(C(C)(C)C)N(C(C)C)C[C@@H]1C. The Morgan fingerprint density at radius 1 is 1.27 bits per heavy atom. The van der Waals surface area contributed by atoms with Crippen molar-refractivity contribution in [1.82, 2.24) is 9.80 Å². The van der Waals surface area contributed by atoms with E-state index in [4.69, 9.17) is 0 Å². The highest BCUT2D eigenvalue weighted by Crippen LogP contribution is 2.34. The van der Waals surface area contributed by atoms with Crippen LogP contribution >= 0.6 is 0 Å². The molecule has 0 bridgehead atoms. The fraction of sp³-hybridized carbons (Fsp3) is 1.00. The zero-order chi connectivity index (χ0) is 11.8. The monoisotopic (exact) mass is 212 g/mol. The van der Waals surface area contributed by atoms with Crippen molar-refractivity contribution in [3.05, 3.63) is 0 Å². The first-order valence-electron chi connectivity index (χ1n) is 6.30. The topological polar surface area (TPSA) is 6.48 Å². The Hall–Kier alpha value is -0.0800. The summed E-state index contributed by atoms with van der Waals surface area (Å²) in [5.41, 5.74) is 0.338. The van der Waals surface area contributed by atoms with E-state index in [2.05, 4.69) is 58.3 Å². The van der Waals surface area contributed by atoms with Crippen LogP contribution in [0.5, 0.6) is 0 Å². The maximum absolute atomic E-state index is 2.65. The summed E-state index contributed by atoms with van der Waals surface area (Å²) in [5, 5.41) is 0. The fourth-order valence-corrected chi connectivity index (χ4v) is 2.91. The van der Waals surface area contributed by atoms with Crippen LogP contribution in [0.25, 0.3) is 0 Å². The molecule has 1 fully saturated rings. The van der Waals surface area contributed by atoms with E-state index in [-0.39, 0.29) is 0 Å². The van der Waals surface area contributed by atoms with Crippen molar-refractivity contribution in [2.75, 3.05) is 13.1 Å². The van der Waals surface area contributed by atoms with Crippen LogP contribution in [0.2, 0.25) is 0 Å². The molecule has 0 spiro atoms. The van der Waals surface area contributed by atoms with Crippen molar-refractivity contribution < 1.29 is 0 Å². The molecule has 0 saturated carbocycles. The van der Waals surface area contributed by atoms with Gasteiger partial charge in [-0.2, -0.15) is 0 Å². The molecule has 0 aromatic heterocycles. The van der Waals surface area contributed by atoms with Crippen LogP contribution in [0, 0.1) is 5.41 Å². The molecule has 1 aliphatic rings. The second-order valence-corrected chi connectivity index (χ2v) is 6.21. The van der Waals surface area contributed by atoms with Crippen LogP contribution in [0.3, 0.4) is 0 Å². The Morgan fingerprint density at radius 2 is 1.80 bits per heavy atom. The van der Waals surface area contributed by atoms with E-state index in [0.717, 1.165) is 6.54 Å². The molecule has 0 aromatic carbocycles. The second-order valence-electron chi connectivity index (χ2n) is 6.21. The second kappa shape index (κ2) is 4.42. The molecule has 15 heavy (non-hydrogen) atoms. The molecular weight excluding hydrogens is 184 g/mol. The molecule has 0 aliphatic carbocycles. The van der Waals surface area contributed by atoms with Gasteiger partial charge in [-0.15, -0.1) is 0 Å². The smallest absolute Gasteiger partial charge is 0.0677 e. The van der Waals surface area contributed by atoms with Crippen LogP contribution < -0.4 is 0 Å². The standard InChI is InChI=1S/C13H28N2/c1-8-14-11(4)9-15(10(2)3)12(14)13(5,6)7/h10-12H,8-9H2,1-7H3/t11-,12?/m0/s1. The average Bonchev–Trinajstić information content (AvgIpc) is 2.41. The van der Waals surface area contributed by atoms with Gasteiger partial charge in [0.15, 0.2) is 0 Å². The Balaban J connectivity index is 2.92. The van der Waals surface area contributed by atoms with Crippen molar-refractivity contribution >= 4 is 0 Å². The quantitative estimate of drug-likeness (QED) is 0.694. The van der Waals surface area contributed by atoms with E-state index in [0.29, 0.717) is 23.7 Å². The van der Waals surface area contributed by atoms with Crippen LogP contribution in [0.1, 0.15) is 48.5 Å². The van der Waals surface area contributed by atoms with Gasteiger partial charge in [0, 0.05) is 18.6 Å². The molecule has 1 aliphatic heterocycles. The van der Waals surface area contributed by atoms with E-state index >= 15 is 0 Å². The Morgan fingerprint density at radius 3 is 2.13 bits per heavy atom. The summed E-state index contributed by atoms with van der Waals surface area (Å²) >= 11 is 0. The van der Waals surface area contributed by atoms with Crippen LogP contribution in [0.15, 0.2) is 0 Å². The molecule has 0 amide bonds. The molecule has 2 nitrogen and oxygen atoms in total. The van der Waals surface area contributed by atoms with Crippen molar-refractivity contribution in [3.63, 3.8) is 0 Å². The number of hydrogen-bond donors (Lipinski definition) is 0. The largest absolute Gasteiger partial charge is 0.284 e. The molecule has 2 heteroatoms. The Bertz CT molecular complexity index is 205.